The molecule has 0 bridgehead atoms. The third kappa shape index (κ3) is 5.68. The first kappa shape index (κ1) is 18.0. The van der Waals surface area contributed by atoms with Crippen molar-refractivity contribution in [1.29, 1.82) is 0 Å². The van der Waals surface area contributed by atoms with E-state index < -0.39 is 29.0 Å². The van der Waals surface area contributed by atoms with Gasteiger partial charge in [-0.15, -0.1) is 0 Å². The summed E-state index contributed by atoms with van der Waals surface area (Å²) in [6, 6.07) is 4.17. The van der Waals surface area contributed by atoms with E-state index in [2.05, 4.69) is 4.99 Å². The minimum absolute atomic E-state index is 0.147. The molecule has 1 aromatic rings. The number of nitrogens with zero attached hydrogens (tertiary/aromatic N) is 2. The lowest BCUT2D eigenvalue weighted by atomic mass is 10.0. The number of carbonyl (C=O) groups excluding carboxylic acids is 3. The van der Waals surface area contributed by atoms with Gasteiger partial charge in [0.1, 0.15) is 12.6 Å². The van der Waals surface area contributed by atoms with Crippen molar-refractivity contribution in [3.8, 4) is 0 Å². The summed E-state index contributed by atoms with van der Waals surface area (Å²) in [5.74, 6) is -1.25. The van der Waals surface area contributed by atoms with Gasteiger partial charge in [0.05, 0.1) is 4.92 Å². The van der Waals surface area contributed by atoms with Crippen LogP contribution in [0.2, 0.25) is 0 Å². The Morgan fingerprint density at radius 2 is 1.87 bits per heavy atom. The highest BCUT2D eigenvalue weighted by Gasteiger charge is 2.27. The number of aliphatic imine (C=N–C) groups is 1. The highest BCUT2D eigenvalue weighted by molar-refractivity contribution is 5.67. The smallest absolute Gasteiger partial charge is 0.303 e. The van der Waals surface area contributed by atoms with E-state index in [1.165, 1.54) is 37.3 Å². The third-order valence-electron chi connectivity index (χ3n) is 2.75. The molecule has 0 aliphatic rings. The topological polar surface area (TPSA) is 125 Å². The van der Waals surface area contributed by atoms with Crippen molar-refractivity contribution in [2.24, 2.45) is 4.99 Å². The fourth-order valence-electron chi connectivity index (χ4n) is 1.80. The van der Waals surface area contributed by atoms with Crippen molar-refractivity contribution in [2.45, 2.75) is 26.0 Å². The average molecular weight is 322 g/mol. The molecule has 0 heterocycles. The summed E-state index contributed by atoms with van der Waals surface area (Å²) in [6.07, 6.45) is 0.282. The molecule has 9 heteroatoms. The van der Waals surface area contributed by atoms with Crippen LogP contribution in [0.5, 0.6) is 0 Å². The Morgan fingerprint density at radius 3 is 2.30 bits per heavy atom. The second-order valence-corrected chi connectivity index (χ2v) is 4.47. The van der Waals surface area contributed by atoms with Crippen LogP contribution in [0.25, 0.3) is 0 Å². The molecular weight excluding hydrogens is 308 g/mol. The van der Waals surface area contributed by atoms with Crippen molar-refractivity contribution in [3.05, 3.63) is 39.9 Å². The number of carbonyl (C=O) groups is 2. The van der Waals surface area contributed by atoms with Crippen molar-refractivity contribution in [3.63, 3.8) is 0 Å². The standard InChI is InChI=1S/C14H14N2O7/c1-9(18)22-7-13(15-8-17)14(23-10(2)19)11-3-5-12(6-4-11)16(20)21/h3-6,13-14H,7H2,1-2H3/t13-,14-/m0/s1. The Bertz CT molecular complexity index is 635. The van der Waals surface area contributed by atoms with Crippen LogP contribution in [0, 0.1) is 10.1 Å². The number of nitro benzene ring substituents is 1. The highest BCUT2D eigenvalue weighted by Crippen LogP contribution is 2.26. The maximum absolute atomic E-state index is 11.3. The molecule has 0 aliphatic carbocycles. The molecule has 0 N–H and O–H groups in total. The average Bonchev–Trinajstić information content (AvgIpc) is 2.49. The number of isocyanates is 1. The molecule has 0 saturated heterocycles. The maximum Gasteiger partial charge on any atom is 0.303 e. The van der Waals surface area contributed by atoms with Gasteiger partial charge in [-0.1, -0.05) is 0 Å². The van der Waals surface area contributed by atoms with Gasteiger partial charge in [-0.05, 0) is 17.7 Å². The van der Waals surface area contributed by atoms with Crippen LogP contribution >= 0.6 is 0 Å². The molecular formula is C14H14N2O7. The van der Waals surface area contributed by atoms with E-state index in [-0.39, 0.29) is 12.3 Å². The van der Waals surface area contributed by atoms with Crippen molar-refractivity contribution < 1.29 is 28.8 Å². The number of non-ortho nitro benzene ring substituents is 1. The Kier molecular flexibility index (Phi) is 6.57. The molecule has 23 heavy (non-hydrogen) atoms. The maximum atomic E-state index is 11.3. The third-order valence-corrected chi connectivity index (χ3v) is 2.75. The van der Waals surface area contributed by atoms with Crippen LogP contribution in [0.1, 0.15) is 25.5 Å². The summed E-state index contributed by atoms with van der Waals surface area (Å²) < 4.78 is 9.90. The molecule has 0 saturated carbocycles. The van der Waals surface area contributed by atoms with E-state index in [1.54, 1.807) is 0 Å². The van der Waals surface area contributed by atoms with Gasteiger partial charge in [-0.25, -0.2) is 4.79 Å². The van der Waals surface area contributed by atoms with Gasteiger partial charge in [0.15, 0.2) is 6.10 Å². The lowest BCUT2D eigenvalue weighted by molar-refractivity contribution is -0.384. The van der Waals surface area contributed by atoms with Gasteiger partial charge in [0.25, 0.3) is 5.69 Å². The number of nitro groups is 1. The van der Waals surface area contributed by atoms with Crippen LogP contribution in [0.15, 0.2) is 29.3 Å². The lowest BCUT2D eigenvalue weighted by Gasteiger charge is -2.22. The quantitative estimate of drug-likeness (QED) is 0.244. The number of rotatable bonds is 7. The van der Waals surface area contributed by atoms with Crippen molar-refractivity contribution >= 4 is 23.7 Å². The molecule has 0 radical (unpaired) electrons. The van der Waals surface area contributed by atoms with Crippen LogP contribution in [-0.2, 0) is 23.9 Å². The van der Waals surface area contributed by atoms with Gasteiger partial charge in [-0.3, -0.25) is 19.7 Å². The zero-order valence-electron chi connectivity index (χ0n) is 12.4. The number of esters is 2. The SMILES string of the molecule is CC(=O)OC[C@H](N=C=O)[C@@H](OC(C)=O)c1ccc([N+](=O)[O-])cc1. The summed E-state index contributed by atoms with van der Waals surface area (Å²) >= 11 is 0. The lowest BCUT2D eigenvalue weighted by Crippen LogP contribution is -2.27. The molecule has 2 atom stereocenters. The molecule has 0 aliphatic heterocycles. The molecule has 0 aromatic heterocycles. The van der Waals surface area contributed by atoms with E-state index in [1.807, 2.05) is 0 Å². The molecule has 9 nitrogen and oxygen atoms in total. The Hall–Kier alpha value is -3.06. The molecule has 1 rings (SSSR count). The molecule has 122 valence electrons. The first-order valence-corrected chi connectivity index (χ1v) is 6.47. The minimum atomic E-state index is -1.05. The van der Waals surface area contributed by atoms with E-state index in [0.717, 1.165) is 6.92 Å². The fraction of sp³-hybridized carbons (Fsp3) is 0.357. The Balaban J connectivity index is 3.13. The van der Waals surface area contributed by atoms with Gasteiger partial charge in [0.2, 0.25) is 6.08 Å². The molecule has 1 aromatic carbocycles. The van der Waals surface area contributed by atoms with E-state index in [0.29, 0.717) is 5.56 Å². The predicted molar refractivity (Wildman–Crippen MR) is 76.1 cm³/mol. The normalized spacial score (nSPS) is 12.4. The Labute approximate surface area is 131 Å². The summed E-state index contributed by atoms with van der Waals surface area (Å²) in [5, 5.41) is 10.7. The molecule has 0 spiro atoms. The number of ether oxygens (including phenoxy) is 2. The summed E-state index contributed by atoms with van der Waals surface area (Å²) in [6.45, 7) is 2.03. The monoisotopic (exact) mass is 322 g/mol. The van der Waals surface area contributed by atoms with E-state index in [4.69, 9.17) is 9.47 Å². The Morgan fingerprint density at radius 1 is 1.26 bits per heavy atom. The van der Waals surface area contributed by atoms with Gasteiger partial charge < -0.3 is 9.47 Å². The highest BCUT2D eigenvalue weighted by atomic mass is 16.6. The van der Waals surface area contributed by atoms with Gasteiger partial charge in [-0.2, -0.15) is 4.99 Å². The zero-order chi connectivity index (χ0) is 17.4. The largest absolute Gasteiger partial charge is 0.463 e. The molecule has 0 fully saturated rings. The second-order valence-electron chi connectivity index (χ2n) is 4.47. The predicted octanol–water partition coefficient (Wildman–Crippen LogP) is 1.47. The van der Waals surface area contributed by atoms with Crippen LogP contribution in [-0.4, -0.2) is 35.6 Å². The molecule has 0 amide bonds. The number of hydrogen-bond donors (Lipinski definition) is 0. The van der Waals surface area contributed by atoms with Crippen molar-refractivity contribution in [1.82, 2.24) is 0 Å². The summed E-state index contributed by atoms with van der Waals surface area (Å²) in [7, 11) is 0. The van der Waals surface area contributed by atoms with Crippen LogP contribution < -0.4 is 0 Å². The second kappa shape index (κ2) is 8.40. The fourth-order valence-corrected chi connectivity index (χ4v) is 1.80. The zero-order valence-corrected chi connectivity index (χ0v) is 12.4. The first-order chi connectivity index (χ1) is 10.8. The number of benzene rings is 1. The van der Waals surface area contributed by atoms with Crippen molar-refractivity contribution in [2.75, 3.05) is 6.61 Å². The number of hydrogen-bond acceptors (Lipinski definition) is 8. The van der Waals surface area contributed by atoms with Gasteiger partial charge in [0, 0.05) is 26.0 Å². The summed E-state index contributed by atoms with van der Waals surface area (Å²) in [5.41, 5.74) is 0.215. The van der Waals surface area contributed by atoms with E-state index >= 15 is 0 Å². The minimum Gasteiger partial charge on any atom is -0.463 e. The molecule has 0 unspecified atom stereocenters. The van der Waals surface area contributed by atoms with Crippen LogP contribution in [0.4, 0.5) is 5.69 Å². The first-order valence-electron chi connectivity index (χ1n) is 6.47. The van der Waals surface area contributed by atoms with Gasteiger partial charge >= 0.3 is 11.9 Å². The van der Waals surface area contributed by atoms with Crippen LogP contribution in [0.3, 0.4) is 0 Å². The summed E-state index contributed by atoms with van der Waals surface area (Å²) in [4.78, 5) is 46.3. The van der Waals surface area contributed by atoms with E-state index in [9.17, 15) is 24.5 Å².